The third kappa shape index (κ3) is 5.12. The van der Waals surface area contributed by atoms with E-state index in [1.165, 1.54) is 84.5 Å². The van der Waals surface area contributed by atoms with Crippen molar-refractivity contribution in [1.82, 2.24) is 0 Å². The quantitative estimate of drug-likeness (QED) is 0.105. The van der Waals surface area contributed by atoms with Gasteiger partial charge in [-0.1, -0.05) is 161 Å². The Bertz CT molecular complexity index is 3370. The summed E-state index contributed by atoms with van der Waals surface area (Å²) in [5.74, 6) is -2.09. The van der Waals surface area contributed by atoms with Crippen molar-refractivity contribution < 1.29 is 20.4 Å². The molecule has 9 aromatic carbocycles. The first-order chi connectivity index (χ1) is 31.1. The second kappa shape index (κ2) is 14.1. The number of phenolic OH excluding ortho intramolecular Hbond substituents is 4. The zero-order chi connectivity index (χ0) is 44.2. The molecule has 9 aromatic rings. The zero-order valence-electron chi connectivity index (χ0n) is 36.4. The highest BCUT2D eigenvalue weighted by molar-refractivity contribution is 6.06. The molecule has 5 nitrogen and oxygen atoms in total. The molecule has 1 unspecified atom stereocenters. The maximum Gasteiger partial charge on any atom is 0.201 e. The molecule has 0 bridgehead atoms. The number of fused-ring (bicyclic) bond motifs is 15. The first kappa shape index (κ1) is 39.1. The Morgan fingerprint density at radius 3 is 1.59 bits per heavy atom. The van der Waals surface area contributed by atoms with Crippen molar-refractivity contribution in [2.24, 2.45) is 0 Å². The van der Waals surface area contributed by atoms with Crippen LogP contribution in [0.3, 0.4) is 0 Å². The van der Waals surface area contributed by atoms with Crippen LogP contribution in [0.5, 0.6) is 23.0 Å². The molecule has 4 N–H and O–H groups in total. The molecule has 0 radical (unpaired) electrons. The lowest BCUT2D eigenvalue weighted by atomic mass is 9.70. The van der Waals surface area contributed by atoms with E-state index in [1.807, 2.05) is 38.1 Å². The average molecular weight is 834 g/mol. The number of phenols is 4. The summed E-state index contributed by atoms with van der Waals surface area (Å²) in [7, 11) is 0. The first-order valence-corrected chi connectivity index (χ1v) is 22.1. The van der Waals surface area contributed by atoms with E-state index < -0.39 is 22.7 Å². The summed E-state index contributed by atoms with van der Waals surface area (Å²) in [6.45, 7) is 10.1. The Hall–Kier alpha value is -7.76. The van der Waals surface area contributed by atoms with Gasteiger partial charge in [0.2, 0.25) is 5.75 Å². The topological polar surface area (TPSA) is 84.2 Å². The van der Waals surface area contributed by atoms with Crippen molar-refractivity contribution in [3.8, 4) is 67.5 Å². The Kier molecular flexibility index (Phi) is 8.64. The molecule has 0 fully saturated rings. The highest BCUT2D eigenvalue weighted by Gasteiger charge is 2.52. The van der Waals surface area contributed by atoms with E-state index in [0.717, 1.165) is 17.1 Å². The molecule has 0 saturated carbocycles. The van der Waals surface area contributed by atoms with Crippen LogP contribution in [-0.4, -0.2) is 20.4 Å². The van der Waals surface area contributed by atoms with Gasteiger partial charge in [0.15, 0.2) is 11.5 Å². The lowest BCUT2D eigenvalue weighted by Gasteiger charge is -2.32. The number of hydrogen-bond donors (Lipinski definition) is 4. The monoisotopic (exact) mass is 833 g/mol. The molecule has 1 spiro atoms. The number of rotatable bonds is 4. The summed E-state index contributed by atoms with van der Waals surface area (Å²) >= 11 is 0. The van der Waals surface area contributed by atoms with Gasteiger partial charge in [-0.2, -0.15) is 0 Å². The van der Waals surface area contributed by atoms with Crippen molar-refractivity contribution in [2.75, 3.05) is 4.90 Å². The maximum atomic E-state index is 11.1. The summed E-state index contributed by atoms with van der Waals surface area (Å²) in [6.07, 6.45) is 0. The standard InChI is InChI=1S/C57H41NO4.C2H6/c1-32-52(59)50(54(61)55(62)53(32)60)34-20-23-35(24-21-34)58(36-25-27-41-39-14-6-9-17-44(39)56(2,3)48(41)30-36)37-26-28-42-40-15-7-10-18-45(40)57(49(42)31-37)46-19-11-8-16-43(46)51-38-13-5-4-12-33(38)22-29-47(51)57;1-2/h4-31,59-62H,1-3H3;1-2H3. The second-order valence-electron chi connectivity index (χ2n) is 17.5. The Morgan fingerprint density at radius 1 is 0.391 bits per heavy atom. The second-order valence-corrected chi connectivity index (χ2v) is 17.5. The lowest BCUT2D eigenvalue weighted by Crippen LogP contribution is -2.26. The van der Waals surface area contributed by atoms with Crippen molar-refractivity contribution in [1.29, 1.82) is 0 Å². The minimum Gasteiger partial charge on any atom is -0.507 e. The third-order valence-electron chi connectivity index (χ3n) is 14.1. The van der Waals surface area contributed by atoms with Gasteiger partial charge in [0.1, 0.15) is 5.75 Å². The summed E-state index contributed by atoms with van der Waals surface area (Å²) in [5.41, 5.74) is 17.7. The molecular weight excluding hydrogens is 787 g/mol. The van der Waals surface area contributed by atoms with Gasteiger partial charge in [0.05, 0.1) is 11.0 Å². The van der Waals surface area contributed by atoms with Crippen LogP contribution in [-0.2, 0) is 10.8 Å². The molecule has 5 heteroatoms. The molecule has 1 atom stereocenters. The van der Waals surface area contributed by atoms with Gasteiger partial charge < -0.3 is 25.3 Å². The fourth-order valence-electron chi connectivity index (χ4n) is 11.2. The fourth-order valence-corrected chi connectivity index (χ4v) is 11.2. The SMILES string of the molecule is CC.Cc1c(O)c(O)c(O)c(-c2ccc(N(c3ccc4c(c3)C(C)(C)c3ccccc3-4)c3ccc4c(c3)C3(c5ccccc5-4)c4ccccc4-c4c3ccc3ccccc43)cc2)c1O. The van der Waals surface area contributed by atoms with Gasteiger partial charge in [0, 0.05) is 28.0 Å². The Balaban J connectivity index is 0.00000225. The predicted octanol–water partition coefficient (Wildman–Crippen LogP) is 14.8. The Morgan fingerprint density at radius 2 is 0.906 bits per heavy atom. The van der Waals surface area contributed by atoms with Gasteiger partial charge in [-0.25, -0.2) is 0 Å². The highest BCUT2D eigenvalue weighted by atomic mass is 16.3. The van der Waals surface area contributed by atoms with E-state index in [4.69, 9.17) is 0 Å². The Labute approximate surface area is 373 Å². The molecule has 3 aliphatic carbocycles. The number of hydrogen-bond acceptors (Lipinski definition) is 5. The molecule has 0 aromatic heterocycles. The van der Waals surface area contributed by atoms with Gasteiger partial charge in [-0.05, 0) is 126 Å². The maximum absolute atomic E-state index is 11.1. The number of aromatic hydroxyl groups is 4. The van der Waals surface area contributed by atoms with Crippen LogP contribution in [0, 0.1) is 6.92 Å². The number of nitrogens with zero attached hydrogens (tertiary/aromatic N) is 1. The van der Waals surface area contributed by atoms with Crippen LogP contribution in [0.1, 0.15) is 66.6 Å². The van der Waals surface area contributed by atoms with Crippen molar-refractivity contribution in [3.05, 3.63) is 209 Å². The van der Waals surface area contributed by atoms with Gasteiger partial charge in [-0.3, -0.25) is 0 Å². The molecule has 12 rings (SSSR count). The normalized spacial score (nSPS) is 15.4. The number of benzene rings is 9. The minimum atomic E-state index is -0.668. The zero-order valence-corrected chi connectivity index (χ0v) is 36.4. The molecule has 64 heavy (non-hydrogen) atoms. The van der Waals surface area contributed by atoms with E-state index >= 15 is 0 Å². The molecule has 0 saturated heterocycles. The largest absolute Gasteiger partial charge is 0.507 e. The van der Waals surface area contributed by atoms with Crippen LogP contribution in [0.15, 0.2) is 170 Å². The molecule has 312 valence electrons. The summed E-state index contributed by atoms with van der Waals surface area (Å²) < 4.78 is 0. The van der Waals surface area contributed by atoms with Gasteiger partial charge in [0.25, 0.3) is 0 Å². The molecule has 0 amide bonds. The first-order valence-electron chi connectivity index (χ1n) is 22.1. The number of anilines is 3. The van der Waals surface area contributed by atoms with E-state index in [9.17, 15) is 20.4 Å². The van der Waals surface area contributed by atoms with Crippen LogP contribution >= 0.6 is 0 Å². The van der Waals surface area contributed by atoms with E-state index in [2.05, 4.69) is 164 Å². The van der Waals surface area contributed by atoms with E-state index in [1.54, 1.807) is 0 Å². The van der Waals surface area contributed by atoms with Crippen LogP contribution in [0.4, 0.5) is 17.1 Å². The lowest BCUT2D eigenvalue weighted by molar-refractivity contribution is 0.360. The van der Waals surface area contributed by atoms with Gasteiger partial charge >= 0.3 is 0 Å². The van der Waals surface area contributed by atoms with Crippen LogP contribution in [0.25, 0.3) is 55.3 Å². The molecule has 0 aliphatic heterocycles. The molecule has 0 heterocycles. The average Bonchev–Trinajstić information content (AvgIpc) is 3.90. The minimum absolute atomic E-state index is 0.0521. The summed E-state index contributed by atoms with van der Waals surface area (Å²) in [4.78, 5) is 2.29. The van der Waals surface area contributed by atoms with E-state index in [-0.39, 0.29) is 22.3 Å². The molecule has 3 aliphatic rings. The molecular formula is C59H47NO4. The van der Waals surface area contributed by atoms with Gasteiger partial charge in [-0.15, -0.1) is 0 Å². The third-order valence-corrected chi connectivity index (χ3v) is 14.1. The smallest absolute Gasteiger partial charge is 0.201 e. The fraction of sp³-hybridized carbons (Fsp3) is 0.119. The highest BCUT2D eigenvalue weighted by Crippen LogP contribution is 2.64. The summed E-state index contributed by atoms with van der Waals surface area (Å²) in [5, 5.41) is 45.4. The van der Waals surface area contributed by atoms with Crippen LogP contribution in [0.2, 0.25) is 0 Å². The van der Waals surface area contributed by atoms with Crippen LogP contribution < -0.4 is 4.90 Å². The van der Waals surface area contributed by atoms with E-state index in [0.29, 0.717) is 5.56 Å². The summed E-state index contributed by atoms with van der Waals surface area (Å²) in [6, 6.07) is 61.1. The van der Waals surface area contributed by atoms with Crippen molar-refractivity contribution in [2.45, 2.75) is 45.4 Å². The van der Waals surface area contributed by atoms with Crippen molar-refractivity contribution >= 4 is 27.8 Å². The van der Waals surface area contributed by atoms with Crippen molar-refractivity contribution in [3.63, 3.8) is 0 Å². The predicted molar refractivity (Wildman–Crippen MR) is 261 cm³/mol.